The quantitative estimate of drug-likeness (QED) is 0.306. The number of anilines is 4. The van der Waals surface area contributed by atoms with Gasteiger partial charge in [0.15, 0.2) is 11.6 Å². The molecule has 1 saturated heterocycles. The molecule has 196 valence electrons. The normalized spacial score (nSPS) is 14.0. The molecule has 0 atom stereocenters. The Kier molecular flexibility index (Phi) is 7.29. The molecule has 0 spiro atoms. The van der Waals surface area contributed by atoms with Crippen molar-refractivity contribution < 1.29 is 18.7 Å². The first-order valence-corrected chi connectivity index (χ1v) is 12.2. The number of aliphatic hydroxyl groups is 1. The topological polar surface area (TPSA) is 98.0 Å². The second-order valence-electron chi connectivity index (χ2n) is 8.87. The zero-order chi connectivity index (χ0) is 26.6. The number of hydrogen-bond acceptors (Lipinski definition) is 7. The highest BCUT2D eigenvalue weighted by molar-refractivity contribution is 5.99. The SMILES string of the molecule is C=CC(=O)Nc1cccc(-c2cnn3cnc(Nc4ccc(N5CCN(CCO)CC5)c(F)c4F)cc23)c1. The maximum Gasteiger partial charge on any atom is 0.247 e. The van der Waals surface area contributed by atoms with Crippen molar-refractivity contribution in [3.63, 3.8) is 0 Å². The third-order valence-electron chi connectivity index (χ3n) is 6.49. The maximum atomic E-state index is 15.1. The third kappa shape index (κ3) is 5.20. The number of amides is 1. The average Bonchev–Trinajstić information content (AvgIpc) is 3.36. The Morgan fingerprint density at radius 3 is 2.68 bits per heavy atom. The van der Waals surface area contributed by atoms with E-state index in [1.54, 1.807) is 28.9 Å². The van der Waals surface area contributed by atoms with Crippen LogP contribution in [-0.2, 0) is 4.79 Å². The summed E-state index contributed by atoms with van der Waals surface area (Å²) in [5, 5.41) is 19.0. The molecule has 0 aliphatic carbocycles. The second kappa shape index (κ2) is 11.0. The fourth-order valence-electron chi connectivity index (χ4n) is 4.51. The molecular weight excluding hydrogens is 492 g/mol. The maximum absolute atomic E-state index is 15.1. The van der Waals surface area contributed by atoms with E-state index in [2.05, 4.69) is 32.2 Å². The minimum atomic E-state index is -0.985. The minimum Gasteiger partial charge on any atom is -0.395 e. The van der Waals surface area contributed by atoms with Crippen LogP contribution in [0.1, 0.15) is 0 Å². The highest BCUT2D eigenvalue weighted by Crippen LogP contribution is 2.31. The number of rotatable bonds is 8. The van der Waals surface area contributed by atoms with Gasteiger partial charge >= 0.3 is 0 Å². The lowest BCUT2D eigenvalue weighted by molar-refractivity contribution is -0.111. The molecule has 11 heteroatoms. The van der Waals surface area contributed by atoms with Crippen molar-refractivity contribution in [2.75, 3.05) is 54.9 Å². The second-order valence-corrected chi connectivity index (χ2v) is 8.87. The fraction of sp³-hybridized carbons (Fsp3) is 0.222. The van der Waals surface area contributed by atoms with Gasteiger partial charge in [0.05, 0.1) is 29.7 Å². The predicted molar refractivity (Wildman–Crippen MR) is 143 cm³/mol. The largest absolute Gasteiger partial charge is 0.395 e. The Hall–Kier alpha value is -4.35. The molecular formula is C27H27F2N7O2. The standard InChI is InChI=1S/C27H27F2N7O2/c1-2-25(38)32-19-5-3-4-18(14-19)20-16-31-36-17-30-24(15-23(20)36)33-21-6-7-22(27(29)26(21)28)35-10-8-34(9-11-35)12-13-37/h2-7,14-17,33,37H,1,8-13H2,(H,32,38). The van der Waals surface area contributed by atoms with Crippen LogP contribution in [0.15, 0.2) is 67.6 Å². The van der Waals surface area contributed by atoms with Crippen LogP contribution in [0.4, 0.5) is 31.7 Å². The first kappa shape index (κ1) is 25.3. The van der Waals surface area contributed by atoms with Crippen LogP contribution in [0.2, 0.25) is 0 Å². The summed E-state index contributed by atoms with van der Waals surface area (Å²) in [6.07, 6.45) is 4.35. The molecule has 0 radical (unpaired) electrons. The van der Waals surface area contributed by atoms with Crippen LogP contribution >= 0.6 is 0 Å². The van der Waals surface area contributed by atoms with E-state index in [0.29, 0.717) is 49.7 Å². The molecule has 9 nitrogen and oxygen atoms in total. The number of β-amino-alcohol motifs (C(OH)–C–C–N with tert-alkyl or cyclic N) is 1. The molecule has 4 aromatic rings. The van der Waals surface area contributed by atoms with E-state index in [0.717, 1.165) is 11.1 Å². The first-order chi connectivity index (χ1) is 18.5. The summed E-state index contributed by atoms with van der Waals surface area (Å²) in [6, 6.07) is 12.0. The molecule has 0 bridgehead atoms. The smallest absolute Gasteiger partial charge is 0.247 e. The zero-order valence-corrected chi connectivity index (χ0v) is 20.6. The van der Waals surface area contributed by atoms with E-state index in [9.17, 15) is 4.79 Å². The van der Waals surface area contributed by atoms with Gasteiger partial charge in [0.25, 0.3) is 0 Å². The van der Waals surface area contributed by atoms with Crippen LogP contribution in [0.25, 0.3) is 16.6 Å². The van der Waals surface area contributed by atoms with Crippen LogP contribution in [-0.4, -0.2) is 69.8 Å². The summed E-state index contributed by atoms with van der Waals surface area (Å²) in [5.74, 6) is -1.91. The summed E-state index contributed by atoms with van der Waals surface area (Å²) in [6.45, 7) is 6.54. The van der Waals surface area contributed by atoms with Crippen LogP contribution in [0, 0.1) is 11.6 Å². The number of piperazine rings is 1. The van der Waals surface area contributed by atoms with Gasteiger partial charge in [-0.15, -0.1) is 0 Å². The average molecular weight is 520 g/mol. The lowest BCUT2D eigenvalue weighted by Gasteiger charge is -2.36. The van der Waals surface area contributed by atoms with Gasteiger partial charge in [0, 0.05) is 50.0 Å². The molecule has 1 aliphatic heterocycles. The molecule has 3 N–H and O–H groups in total. The number of nitrogens with zero attached hydrogens (tertiary/aromatic N) is 5. The van der Waals surface area contributed by atoms with Gasteiger partial charge in [-0.1, -0.05) is 18.7 Å². The van der Waals surface area contributed by atoms with Crippen molar-refractivity contribution in [2.45, 2.75) is 0 Å². The van der Waals surface area contributed by atoms with Crippen LogP contribution in [0.3, 0.4) is 0 Å². The van der Waals surface area contributed by atoms with Gasteiger partial charge in [0.2, 0.25) is 5.91 Å². The van der Waals surface area contributed by atoms with E-state index in [1.165, 1.54) is 18.5 Å². The van der Waals surface area contributed by atoms with Crippen molar-refractivity contribution in [1.82, 2.24) is 19.5 Å². The number of fused-ring (bicyclic) bond motifs is 1. The van der Waals surface area contributed by atoms with Crippen molar-refractivity contribution >= 4 is 34.3 Å². The van der Waals surface area contributed by atoms with Crippen molar-refractivity contribution in [1.29, 1.82) is 0 Å². The number of hydrogen-bond donors (Lipinski definition) is 3. The first-order valence-electron chi connectivity index (χ1n) is 12.2. The van der Waals surface area contributed by atoms with E-state index < -0.39 is 11.6 Å². The number of benzene rings is 2. The minimum absolute atomic E-state index is 0.0304. The Labute approximate surface area is 218 Å². The number of aliphatic hydroxyl groups excluding tert-OH is 1. The van der Waals surface area contributed by atoms with Crippen molar-refractivity contribution in [3.05, 3.63) is 79.3 Å². The van der Waals surface area contributed by atoms with Crippen LogP contribution < -0.4 is 15.5 Å². The molecule has 2 aromatic heterocycles. The number of carbonyl (C=O) groups excluding carboxylic acids is 1. The van der Waals surface area contributed by atoms with Crippen LogP contribution in [0.5, 0.6) is 0 Å². The van der Waals surface area contributed by atoms with E-state index in [4.69, 9.17) is 5.11 Å². The molecule has 1 aliphatic rings. The molecule has 5 rings (SSSR count). The fourth-order valence-corrected chi connectivity index (χ4v) is 4.51. The molecule has 1 amide bonds. The summed E-state index contributed by atoms with van der Waals surface area (Å²) >= 11 is 0. The molecule has 0 saturated carbocycles. The molecule has 1 fully saturated rings. The van der Waals surface area contributed by atoms with E-state index in [1.807, 2.05) is 23.1 Å². The summed E-state index contributed by atoms with van der Waals surface area (Å²) < 4.78 is 31.7. The highest BCUT2D eigenvalue weighted by atomic mass is 19.2. The molecule has 0 unspecified atom stereocenters. The van der Waals surface area contributed by atoms with Gasteiger partial charge in [-0.05, 0) is 35.9 Å². The summed E-state index contributed by atoms with van der Waals surface area (Å²) in [7, 11) is 0. The number of aromatic nitrogens is 3. The Morgan fingerprint density at radius 1 is 1.11 bits per heavy atom. The van der Waals surface area contributed by atoms with Gasteiger partial charge in [-0.3, -0.25) is 9.69 Å². The number of carbonyl (C=O) groups is 1. The number of nitrogens with one attached hydrogen (secondary N) is 2. The van der Waals surface area contributed by atoms with E-state index >= 15 is 8.78 Å². The zero-order valence-electron chi connectivity index (χ0n) is 20.6. The van der Waals surface area contributed by atoms with Gasteiger partial charge in [0.1, 0.15) is 12.1 Å². The predicted octanol–water partition coefficient (Wildman–Crippen LogP) is 3.66. The molecule has 38 heavy (non-hydrogen) atoms. The van der Waals surface area contributed by atoms with Gasteiger partial charge in [-0.2, -0.15) is 5.10 Å². The summed E-state index contributed by atoms with van der Waals surface area (Å²) in [5.41, 5.74) is 3.05. The summed E-state index contributed by atoms with van der Waals surface area (Å²) in [4.78, 5) is 19.9. The number of halogens is 2. The van der Waals surface area contributed by atoms with E-state index in [-0.39, 0.29) is 23.9 Å². The lowest BCUT2D eigenvalue weighted by Crippen LogP contribution is -2.47. The monoisotopic (exact) mass is 519 g/mol. The Bertz CT molecular complexity index is 1480. The Balaban J connectivity index is 1.37. The van der Waals surface area contributed by atoms with Crippen molar-refractivity contribution in [2.24, 2.45) is 0 Å². The molecule has 2 aromatic carbocycles. The molecule has 3 heterocycles. The van der Waals surface area contributed by atoms with Gasteiger partial charge < -0.3 is 20.6 Å². The lowest BCUT2D eigenvalue weighted by atomic mass is 10.1. The Morgan fingerprint density at radius 2 is 1.92 bits per heavy atom. The third-order valence-corrected chi connectivity index (χ3v) is 6.49. The van der Waals surface area contributed by atoms with Crippen molar-refractivity contribution in [3.8, 4) is 11.1 Å². The van der Waals surface area contributed by atoms with Gasteiger partial charge in [-0.25, -0.2) is 18.3 Å². The highest BCUT2D eigenvalue weighted by Gasteiger charge is 2.22.